The van der Waals surface area contributed by atoms with Gasteiger partial charge in [0.1, 0.15) is 12.1 Å². The Bertz CT molecular complexity index is 699. The molecule has 1 aromatic rings. The number of hydrogen-bond acceptors (Lipinski definition) is 4. The number of fused-ring (bicyclic) bond motifs is 1. The van der Waals surface area contributed by atoms with E-state index in [1.807, 2.05) is 35.3 Å². The maximum Gasteiger partial charge on any atom is 0.328 e. The number of aliphatic carboxylic acids is 1. The van der Waals surface area contributed by atoms with Crippen LogP contribution in [0.25, 0.3) is 0 Å². The summed E-state index contributed by atoms with van der Waals surface area (Å²) in [5.41, 5.74) is 1.02. The van der Waals surface area contributed by atoms with Crippen LogP contribution < -0.4 is 5.32 Å². The molecule has 0 spiro atoms. The minimum Gasteiger partial charge on any atom is -0.480 e. The number of nitrogens with zero attached hydrogens (tertiary/aromatic N) is 2. The fourth-order valence-corrected chi connectivity index (χ4v) is 4.21. The molecule has 0 aliphatic carbocycles. The number of carbonyl (C=O) groups is 3. The molecule has 0 bridgehead atoms. The molecule has 2 heterocycles. The smallest absolute Gasteiger partial charge is 0.328 e. The zero-order valence-corrected chi connectivity index (χ0v) is 16.6. The molecule has 1 aromatic carbocycles. The average molecular weight is 438 g/mol. The van der Waals surface area contributed by atoms with Crippen LogP contribution in [0.15, 0.2) is 30.3 Å². The van der Waals surface area contributed by atoms with Crippen LogP contribution in [-0.4, -0.2) is 62.9 Å². The topological polar surface area (TPSA) is 89.9 Å². The number of amides is 2. The molecule has 146 valence electrons. The number of alkyl halides is 1. The number of hydrazine groups is 1. The molecule has 3 rings (SSSR count). The number of halogens is 1. The second-order valence-electron chi connectivity index (χ2n) is 6.99. The summed E-state index contributed by atoms with van der Waals surface area (Å²) in [6.45, 7) is 1.30. The van der Waals surface area contributed by atoms with E-state index >= 15 is 0 Å². The van der Waals surface area contributed by atoms with Crippen molar-refractivity contribution >= 4 is 33.7 Å². The highest BCUT2D eigenvalue weighted by molar-refractivity contribution is 9.10. The Morgan fingerprint density at radius 1 is 1.19 bits per heavy atom. The summed E-state index contributed by atoms with van der Waals surface area (Å²) in [5, 5.41) is 15.5. The first kappa shape index (κ1) is 19.8. The van der Waals surface area contributed by atoms with E-state index in [1.165, 1.54) is 5.01 Å². The third-order valence-corrected chi connectivity index (χ3v) is 5.81. The lowest BCUT2D eigenvalue weighted by molar-refractivity contribution is -0.174. The molecule has 27 heavy (non-hydrogen) atoms. The maximum atomic E-state index is 13.0. The highest BCUT2D eigenvalue weighted by atomic mass is 79.9. The number of carbonyl (C=O) groups excluding carboxylic acids is 2. The Labute approximate surface area is 166 Å². The van der Waals surface area contributed by atoms with Crippen LogP contribution in [0.4, 0.5) is 0 Å². The van der Waals surface area contributed by atoms with Gasteiger partial charge in [0.25, 0.3) is 5.91 Å². The summed E-state index contributed by atoms with van der Waals surface area (Å²) in [5.74, 6) is -1.58. The fourth-order valence-electron chi connectivity index (χ4n) is 3.71. The third-order valence-electron chi connectivity index (χ3n) is 5.07. The minimum absolute atomic E-state index is 0.255. The number of benzene rings is 1. The molecule has 2 aliphatic rings. The number of carboxylic acid groups (broad SMARTS) is 1. The van der Waals surface area contributed by atoms with Crippen LogP contribution >= 0.6 is 15.9 Å². The highest BCUT2D eigenvalue weighted by Crippen LogP contribution is 2.24. The molecular formula is C19H24BrN3O4. The van der Waals surface area contributed by atoms with Gasteiger partial charge in [-0.1, -0.05) is 46.3 Å². The van der Waals surface area contributed by atoms with Gasteiger partial charge in [0.2, 0.25) is 5.91 Å². The largest absolute Gasteiger partial charge is 0.480 e. The highest BCUT2D eigenvalue weighted by Gasteiger charge is 2.42. The predicted molar refractivity (Wildman–Crippen MR) is 103 cm³/mol. The van der Waals surface area contributed by atoms with Gasteiger partial charge in [-0.15, -0.1) is 0 Å². The van der Waals surface area contributed by atoms with Crippen molar-refractivity contribution in [2.75, 3.05) is 13.1 Å². The average Bonchev–Trinajstić information content (AvgIpc) is 2.81. The minimum atomic E-state index is -0.998. The van der Waals surface area contributed by atoms with Crippen LogP contribution in [0.1, 0.15) is 31.2 Å². The van der Waals surface area contributed by atoms with Gasteiger partial charge < -0.3 is 10.4 Å². The van der Waals surface area contributed by atoms with E-state index in [2.05, 4.69) is 21.2 Å². The second kappa shape index (κ2) is 8.84. The van der Waals surface area contributed by atoms with E-state index in [0.717, 1.165) is 18.4 Å². The summed E-state index contributed by atoms with van der Waals surface area (Å²) in [7, 11) is 0. The maximum absolute atomic E-state index is 13.0. The molecular weight excluding hydrogens is 414 g/mol. The summed E-state index contributed by atoms with van der Waals surface area (Å²) in [6.07, 6.45) is 2.94. The Hall–Kier alpha value is -1.93. The zero-order chi connectivity index (χ0) is 19.4. The van der Waals surface area contributed by atoms with Crippen molar-refractivity contribution in [2.24, 2.45) is 0 Å². The molecule has 2 N–H and O–H groups in total. The zero-order valence-electron chi connectivity index (χ0n) is 15.0. The van der Waals surface area contributed by atoms with Crippen LogP contribution in [0, 0.1) is 0 Å². The lowest BCUT2D eigenvalue weighted by atomic mass is 10.1. The normalized spacial score (nSPS) is 24.6. The quantitative estimate of drug-likeness (QED) is 0.682. The van der Waals surface area contributed by atoms with Gasteiger partial charge >= 0.3 is 5.97 Å². The third kappa shape index (κ3) is 4.68. The van der Waals surface area contributed by atoms with E-state index in [1.54, 1.807) is 0 Å². The molecule has 0 saturated carbocycles. The van der Waals surface area contributed by atoms with E-state index in [4.69, 9.17) is 0 Å². The van der Waals surface area contributed by atoms with Crippen LogP contribution in [0.2, 0.25) is 0 Å². The lowest BCUT2D eigenvalue weighted by Crippen LogP contribution is -2.61. The Balaban J connectivity index is 1.67. The number of nitrogens with one attached hydrogen (secondary N) is 1. The van der Waals surface area contributed by atoms with Gasteiger partial charge in [-0.05, 0) is 37.7 Å². The van der Waals surface area contributed by atoms with Crippen molar-refractivity contribution in [3.8, 4) is 0 Å². The van der Waals surface area contributed by atoms with Gasteiger partial charge in [-0.3, -0.25) is 14.6 Å². The Kier molecular flexibility index (Phi) is 6.49. The van der Waals surface area contributed by atoms with Gasteiger partial charge in [-0.25, -0.2) is 9.80 Å². The molecule has 0 aromatic heterocycles. The first-order chi connectivity index (χ1) is 13.0. The standard InChI is InChI=1S/C19H24BrN3O4/c20-14(12-13-6-2-1-3-7-13)17(24)21-15-8-4-10-22-11-5-9-16(19(26)27)23(22)18(15)25/h1-3,6-7,14-16H,4-5,8-12H2,(H,21,24)(H,26,27)/t14-,15?,16+/m1/s1. The van der Waals surface area contributed by atoms with Crippen molar-refractivity contribution in [3.05, 3.63) is 35.9 Å². The van der Waals surface area contributed by atoms with Crippen LogP contribution in [0.5, 0.6) is 0 Å². The molecule has 8 heteroatoms. The SMILES string of the molecule is O=C(NC1CCCN2CCC[C@@H](C(=O)O)N2C1=O)[C@H](Br)Cc1ccccc1. The second-order valence-corrected chi connectivity index (χ2v) is 8.10. The summed E-state index contributed by atoms with van der Waals surface area (Å²) < 4.78 is 0. The molecule has 0 radical (unpaired) electrons. The molecule has 7 nitrogen and oxygen atoms in total. The predicted octanol–water partition coefficient (Wildman–Crippen LogP) is 1.56. The lowest BCUT2D eigenvalue weighted by Gasteiger charge is -2.42. The van der Waals surface area contributed by atoms with Gasteiger partial charge in [0.05, 0.1) is 4.83 Å². The van der Waals surface area contributed by atoms with Gasteiger partial charge in [0, 0.05) is 13.1 Å². The van der Waals surface area contributed by atoms with Crippen molar-refractivity contribution < 1.29 is 19.5 Å². The molecule has 2 amide bonds. The Morgan fingerprint density at radius 3 is 2.52 bits per heavy atom. The van der Waals surface area contributed by atoms with Crippen molar-refractivity contribution in [1.29, 1.82) is 0 Å². The van der Waals surface area contributed by atoms with Crippen LogP contribution in [-0.2, 0) is 20.8 Å². The Morgan fingerprint density at radius 2 is 1.85 bits per heavy atom. The number of rotatable bonds is 5. The molecule has 2 saturated heterocycles. The number of carboxylic acids is 1. The monoisotopic (exact) mass is 437 g/mol. The van der Waals surface area contributed by atoms with E-state index in [9.17, 15) is 19.5 Å². The summed E-state index contributed by atoms with van der Waals surface area (Å²) in [6, 6.07) is 8.09. The molecule has 3 atom stereocenters. The van der Waals surface area contributed by atoms with E-state index < -0.39 is 22.9 Å². The van der Waals surface area contributed by atoms with Gasteiger partial charge in [0.15, 0.2) is 0 Å². The number of hydrogen-bond donors (Lipinski definition) is 2. The summed E-state index contributed by atoms with van der Waals surface area (Å²) in [4.78, 5) is 36.7. The van der Waals surface area contributed by atoms with E-state index in [0.29, 0.717) is 32.4 Å². The molecule has 1 unspecified atom stereocenters. The van der Waals surface area contributed by atoms with Crippen molar-refractivity contribution in [2.45, 2.75) is 49.0 Å². The molecule has 2 fully saturated rings. The first-order valence-electron chi connectivity index (χ1n) is 9.26. The van der Waals surface area contributed by atoms with E-state index in [-0.39, 0.29) is 11.8 Å². The van der Waals surface area contributed by atoms with Crippen LogP contribution in [0.3, 0.4) is 0 Å². The van der Waals surface area contributed by atoms with Gasteiger partial charge in [-0.2, -0.15) is 0 Å². The van der Waals surface area contributed by atoms with Crippen molar-refractivity contribution in [3.63, 3.8) is 0 Å². The molecule has 2 aliphatic heterocycles. The fraction of sp³-hybridized carbons (Fsp3) is 0.526. The van der Waals surface area contributed by atoms with Crippen molar-refractivity contribution in [1.82, 2.24) is 15.3 Å². The summed E-state index contributed by atoms with van der Waals surface area (Å²) >= 11 is 3.41. The first-order valence-corrected chi connectivity index (χ1v) is 10.2.